The normalized spacial score (nSPS) is 10.1. The molecule has 3 heteroatoms. The highest BCUT2D eigenvalue weighted by Crippen LogP contribution is 2.15. The molecule has 0 aromatic heterocycles. The van der Waals surface area contributed by atoms with E-state index in [0.29, 0.717) is 13.2 Å². The van der Waals surface area contributed by atoms with Gasteiger partial charge in [0.05, 0.1) is 6.61 Å². The van der Waals surface area contributed by atoms with E-state index >= 15 is 0 Å². The van der Waals surface area contributed by atoms with Crippen LogP contribution in [-0.2, 0) is 4.74 Å². The van der Waals surface area contributed by atoms with Crippen molar-refractivity contribution in [1.82, 2.24) is 0 Å². The van der Waals surface area contributed by atoms with Crippen LogP contribution in [0, 0.1) is 5.82 Å². The maximum atomic E-state index is 12.7. The summed E-state index contributed by atoms with van der Waals surface area (Å²) in [6, 6.07) is 6.46. The van der Waals surface area contributed by atoms with Gasteiger partial charge in [0.25, 0.3) is 0 Å². The molecule has 0 saturated heterocycles. The molecule has 0 bridgehead atoms. The number of benzene rings is 1. The summed E-state index contributed by atoms with van der Waals surface area (Å²) < 4.78 is 18.0. The Balaban J connectivity index is 0. The van der Waals surface area contributed by atoms with Gasteiger partial charge in [-0.05, 0) is 37.1 Å². The van der Waals surface area contributed by atoms with Crippen molar-refractivity contribution in [3.63, 3.8) is 0 Å². The van der Waals surface area contributed by atoms with Crippen LogP contribution in [0.3, 0.4) is 0 Å². The molecule has 1 rings (SSSR count). The minimum atomic E-state index is -0.208. The fourth-order valence-electron chi connectivity index (χ4n) is 1.21. The first-order valence-electron chi connectivity index (χ1n) is 5.76. The van der Waals surface area contributed by atoms with Gasteiger partial charge < -0.3 is 10.2 Å². The van der Waals surface area contributed by atoms with Gasteiger partial charge in [-0.3, -0.25) is 0 Å². The molecule has 0 saturated carbocycles. The Morgan fingerprint density at radius 3 is 2.18 bits per heavy atom. The van der Waals surface area contributed by atoms with Gasteiger partial charge in [0, 0.05) is 6.61 Å². The van der Waals surface area contributed by atoms with E-state index in [2.05, 4.69) is 0 Å². The third-order valence-electron chi connectivity index (χ3n) is 2.03. The smallest absolute Gasteiger partial charge is 0.123 e. The Kier molecular flexibility index (Phi) is 12.1. The highest BCUT2D eigenvalue weighted by atomic mass is 19.1. The molecular weight excluding hydrogens is 219 g/mol. The SMILES string of the molecule is C/C=C(\COCC)c1ccc(F)cc1.CC.O. The fraction of sp³-hybridized carbons (Fsp3) is 0.429. The van der Waals surface area contributed by atoms with Gasteiger partial charge >= 0.3 is 0 Å². The van der Waals surface area contributed by atoms with Gasteiger partial charge in [-0.15, -0.1) is 0 Å². The predicted octanol–water partition coefficient (Wildman–Crippen LogP) is 3.47. The van der Waals surface area contributed by atoms with E-state index in [1.807, 2.05) is 33.8 Å². The van der Waals surface area contributed by atoms with Crippen LogP contribution in [0.5, 0.6) is 0 Å². The summed E-state index contributed by atoms with van der Waals surface area (Å²) in [7, 11) is 0. The van der Waals surface area contributed by atoms with Crippen LogP contribution < -0.4 is 0 Å². The first kappa shape index (κ1) is 18.2. The minimum Gasteiger partial charge on any atom is -0.412 e. The zero-order chi connectivity index (χ0) is 12.4. The second-order valence-corrected chi connectivity index (χ2v) is 2.96. The standard InChI is InChI=1S/C12H15FO.C2H6.H2O/c1-3-10(9-14-4-2)11-5-7-12(13)8-6-11;1-2;/h3,5-8H,4,9H2,1-2H3;1-2H3;1H2/b10-3+;;. The highest BCUT2D eigenvalue weighted by Gasteiger charge is 2.00. The van der Waals surface area contributed by atoms with E-state index in [1.165, 1.54) is 12.1 Å². The van der Waals surface area contributed by atoms with Crippen LogP contribution in [0.2, 0.25) is 0 Å². The van der Waals surface area contributed by atoms with Gasteiger partial charge in [-0.2, -0.15) is 0 Å². The van der Waals surface area contributed by atoms with Crippen molar-refractivity contribution in [3.05, 3.63) is 41.7 Å². The molecule has 98 valence electrons. The Labute approximate surface area is 103 Å². The number of halogens is 1. The van der Waals surface area contributed by atoms with Crippen LogP contribution in [0.4, 0.5) is 4.39 Å². The second-order valence-electron chi connectivity index (χ2n) is 2.96. The third-order valence-corrected chi connectivity index (χ3v) is 2.03. The summed E-state index contributed by atoms with van der Waals surface area (Å²) in [5.41, 5.74) is 2.11. The first-order valence-corrected chi connectivity index (χ1v) is 5.76. The maximum absolute atomic E-state index is 12.7. The third kappa shape index (κ3) is 6.87. The van der Waals surface area contributed by atoms with E-state index in [-0.39, 0.29) is 11.3 Å². The van der Waals surface area contributed by atoms with Crippen molar-refractivity contribution in [2.75, 3.05) is 13.2 Å². The van der Waals surface area contributed by atoms with Crippen LogP contribution in [-0.4, -0.2) is 18.7 Å². The summed E-state index contributed by atoms with van der Waals surface area (Å²) in [6.07, 6.45) is 1.99. The van der Waals surface area contributed by atoms with Gasteiger partial charge in [0.1, 0.15) is 5.82 Å². The molecule has 0 aliphatic carbocycles. The molecule has 0 aliphatic rings. The molecule has 1 aromatic carbocycles. The van der Waals surface area contributed by atoms with Crippen LogP contribution in [0.25, 0.3) is 5.57 Å². The van der Waals surface area contributed by atoms with Crippen LogP contribution in [0.1, 0.15) is 33.3 Å². The summed E-state index contributed by atoms with van der Waals surface area (Å²) >= 11 is 0. The van der Waals surface area contributed by atoms with Crippen LogP contribution in [0.15, 0.2) is 30.3 Å². The molecule has 2 nitrogen and oxygen atoms in total. The second kappa shape index (κ2) is 11.3. The van der Waals surface area contributed by atoms with Gasteiger partial charge in [0.2, 0.25) is 0 Å². The van der Waals surface area contributed by atoms with Crippen LogP contribution >= 0.6 is 0 Å². The zero-order valence-corrected chi connectivity index (χ0v) is 11.1. The molecule has 0 atom stereocenters. The van der Waals surface area contributed by atoms with E-state index in [1.54, 1.807) is 12.1 Å². The lowest BCUT2D eigenvalue weighted by molar-refractivity contribution is 0.182. The molecule has 0 spiro atoms. The Hall–Kier alpha value is -1.19. The molecule has 0 amide bonds. The monoisotopic (exact) mass is 242 g/mol. The number of rotatable bonds is 4. The Morgan fingerprint density at radius 1 is 1.24 bits per heavy atom. The van der Waals surface area contributed by atoms with Crippen molar-refractivity contribution in [2.45, 2.75) is 27.7 Å². The molecule has 0 fully saturated rings. The number of allylic oxidation sites excluding steroid dienone is 1. The molecule has 0 heterocycles. The van der Waals surface area contributed by atoms with Crippen molar-refractivity contribution < 1.29 is 14.6 Å². The lowest BCUT2D eigenvalue weighted by atomic mass is 10.1. The molecule has 1 aromatic rings. The summed E-state index contributed by atoms with van der Waals surface area (Å²) in [6.45, 7) is 9.19. The largest absolute Gasteiger partial charge is 0.412 e. The average molecular weight is 242 g/mol. The quantitative estimate of drug-likeness (QED) is 0.797. The fourth-order valence-corrected chi connectivity index (χ4v) is 1.21. The Bertz CT molecular complexity index is 305. The van der Waals surface area contributed by atoms with Crippen molar-refractivity contribution in [1.29, 1.82) is 0 Å². The predicted molar refractivity (Wildman–Crippen MR) is 71.5 cm³/mol. The maximum Gasteiger partial charge on any atom is 0.123 e. The Morgan fingerprint density at radius 2 is 1.76 bits per heavy atom. The molecular formula is C14H23FO2. The molecule has 0 unspecified atom stereocenters. The van der Waals surface area contributed by atoms with Gasteiger partial charge in [-0.1, -0.05) is 32.1 Å². The van der Waals surface area contributed by atoms with E-state index in [4.69, 9.17) is 4.74 Å². The van der Waals surface area contributed by atoms with Gasteiger partial charge in [-0.25, -0.2) is 4.39 Å². The van der Waals surface area contributed by atoms with E-state index in [0.717, 1.165) is 11.1 Å². The van der Waals surface area contributed by atoms with Crippen molar-refractivity contribution >= 4 is 5.57 Å². The molecule has 0 aliphatic heterocycles. The van der Waals surface area contributed by atoms with Crippen molar-refractivity contribution in [3.8, 4) is 0 Å². The average Bonchev–Trinajstić information content (AvgIpc) is 2.35. The lowest BCUT2D eigenvalue weighted by Crippen LogP contribution is -1.97. The summed E-state index contributed by atoms with van der Waals surface area (Å²) in [5, 5.41) is 0. The highest BCUT2D eigenvalue weighted by molar-refractivity contribution is 5.65. The summed E-state index contributed by atoms with van der Waals surface area (Å²) in [4.78, 5) is 0. The lowest BCUT2D eigenvalue weighted by Gasteiger charge is -2.06. The number of hydrogen-bond donors (Lipinski definition) is 0. The molecule has 0 radical (unpaired) electrons. The number of ether oxygens (including phenoxy) is 1. The molecule has 17 heavy (non-hydrogen) atoms. The topological polar surface area (TPSA) is 40.7 Å². The van der Waals surface area contributed by atoms with Gasteiger partial charge in [0.15, 0.2) is 0 Å². The molecule has 2 N–H and O–H groups in total. The van der Waals surface area contributed by atoms with E-state index in [9.17, 15) is 4.39 Å². The van der Waals surface area contributed by atoms with E-state index < -0.39 is 0 Å². The zero-order valence-electron chi connectivity index (χ0n) is 11.1. The minimum absolute atomic E-state index is 0. The first-order chi connectivity index (χ1) is 7.77. The van der Waals surface area contributed by atoms with Crippen molar-refractivity contribution in [2.24, 2.45) is 0 Å². The summed E-state index contributed by atoms with van der Waals surface area (Å²) in [5.74, 6) is -0.208. The number of hydrogen-bond acceptors (Lipinski definition) is 1.